The minimum atomic E-state index is -0.471. The maximum Gasteiger partial charge on any atom is 0.261 e. The van der Waals surface area contributed by atoms with Crippen molar-refractivity contribution < 1.29 is 14.3 Å². The molecule has 7 nitrogen and oxygen atoms in total. The summed E-state index contributed by atoms with van der Waals surface area (Å²) >= 11 is 0. The van der Waals surface area contributed by atoms with Crippen LogP contribution in [0.1, 0.15) is 18.8 Å². The van der Waals surface area contributed by atoms with Gasteiger partial charge >= 0.3 is 0 Å². The van der Waals surface area contributed by atoms with E-state index in [9.17, 15) is 9.59 Å². The lowest BCUT2D eigenvalue weighted by Crippen LogP contribution is -2.36. The lowest BCUT2D eigenvalue weighted by atomic mass is 10.2. The van der Waals surface area contributed by atoms with E-state index in [1.165, 1.54) is 0 Å². The van der Waals surface area contributed by atoms with Crippen molar-refractivity contribution in [3.8, 4) is 5.75 Å². The van der Waals surface area contributed by atoms with Gasteiger partial charge in [-0.25, -0.2) is 4.98 Å². The molecule has 1 atom stereocenters. The molecule has 0 aliphatic heterocycles. The second-order valence-corrected chi connectivity index (χ2v) is 6.33. The Bertz CT molecular complexity index is 1000. The monoisotopic (exact) mass is 381 g/mol. The first-order valence-corrected chi connectivity index (χ1v) is 9.05. The van der Waals surface area contributed by atoms with Crippen molar-refractivity contribution >= 4 is 16.8 Å². The predicted molar refractivity (Wildman–Crippen MR) is 106 cm³/mol. The van der Waals surface area contributed by atoms with Gasteiger partial charge in [-0.3, -0.25) is 14.2 Å². The molecule has 0 fully saturated rings. The molecule has 0 aliphatic carbocycles. The molecule has 3 rings (SSSR count). The summed E-state index contributed by atoms with van der Waals surface area (Å²) in [6.07, 6.45) is 0. The van der Waals surface area contributed by atoms with Crippen molar-refractivity contribution in [1.29, 1.82) is 0 Å². The molecular weight excluding hydrogens is 358 g/mol. The molecule has 0 saturated heterocycles. The number of amides is 1. The molecule has 2 aromatic carbocycles. The molecule has 3 aromatic rings. The zero-order valence-electron chi connectivity index (χ0n) is 15.9. The number of hydrogen-bond donors (Lipinski definition) is 1. The van der Waals surface area contributed by atoms with Crippen molar-refractivity contribution in [2.75, 3.05) is 20.3 Å². The maximum atomic E-state index is 12.9. The quantitative estimate of drug-likeness (QED) is 0.647. The summed E-state index contributed by atoms with van der Waals surface area (Å²) in [6, 6.07) is 15.8. The van der Waals surface area contributed by atoms with E-state index in [1.54, 1.807) is 48.9 Å². The lowest BCUT2D eigenvalue weighted by molar-refractivity contribution is -0.123. The van der Waals surface area contributed by atoms with Gasteiger partial charge in [-0.2, -0.15) is 0 Å². The Kier molecular flexibility index (Phi) is 6.39. The Labute approximate surface area is 162 Å². The van der Waals surface area contributed by atoms with Crippen LogP contribution in [0.25, 0.3) is 10.9 Å². The van der Waals surface area contributed by atoms with Crippen LogP contribution in [0.15, 0.2) is 59.4 Å². The van der Waals surface area contributed by atoms with Crippen LogP contribution in [0.5, 0.6) is 5.75 Å². The first kappa shape index (κ1) is 19.6. The fourth-order valence-electron chi connectivity index (χ4n) is 2.93. The molecule has 7 heteroatoms. The Morgan fingerprint density at radius 3 is 2.61 bits per heavy atom. The van der Waals surface area contributed by atoms with Gasteiger partial charge in [-0.15, -0.1) is 0 Å². The van der Waals surface area contributed by atoms with Crippen molar-refractivity contribution in [2.45, 2.75) is 19.5 Å². The first-order chi connectivity index (χ1) is 13.6. The van der Waals surface area contributed by atoms with E-state index >= 15 is 0 Å². The van der Waals surface area contributed by atoms with Crippen LogP contribution < -0.4 is 15.6 Å². The number of nitrogens with one attached hydrogen (secondary N) is 1. The molecule has 0 saturated carbocycles. The highest BCUT2D eigenvalue weighted by molar-refractivity contribution is 5.79. The number of nitrogens with zero attached hydrogens (tertiary/aromatic N) is 2. The first-order valence-electron chi connectivity index (χ1n) is 9.05. The van der Waals surface area contributed by atoms with Crippen LogP contribution in [-0.4, -0.2) is 35.8 Å². The van der Waals surface area contributed by atoms with Gasteiger partial charge in [0.25, 0.3) is 11.5 Å². The van der Waals surface area contributed by atoms with E-state index in [4.69, 9.17) is 9.47 Å². The summed E-state index contributed by atoms with van der Waals surface area (Å²) in [5.74, 6) is 0.803. The van der Waals surface area contributed by atoms with Crippen molar-refractivity contribution in [3.05, 3.63) is 70.8 Å². The Hall–Kier alpha value is -3.19. The van der Waals surface area contributed by atoms with Gasteiger partial charge < -0.3 is 14.8 Å². The fraction of sp³-hybridized carbons (Fsp3) is 0.286. The topological polar surface area (TPSA) is 82.4 Å². The van der Waals surface area contributed by atoms with Crippen LogP contribution >= 0.6 is 0 Å². The summed E-state index contributed by atoms with van der Waals surface area (Å²) in [5.41, 5.74) is 0.442. The Morgan fingerprint density at radius 1 is 1.14 bits per heavy atom. The molecule has 28 heavy (non-hydrogen) atoms. The van der Waals surface area contributed by atoms with Crippen LogP contribution in [-0.2, 0) is 16.1 Å². The Morgan fingerprint density at radius 2 is 1.86 bits per heavy atom. The number of carbonyl (C=O) groups is 1. The third kappa shape index (κ3) is 4.55. The fourth-order valence-corrected chi connectivity index (χ4v) is 2.93. The highest BCUT2D eigenvalue weighted by Crippen LogP contribution is 2.14. The number of rotatable bonds is 8. The molecule has 146 valence electrons. The number of ether oxygens (including phenoxy) is 2. The number of hydrogen-bond acceptors (Lipinski definition) is 5. The largest absolute Gasteiger partial charge is 0.484 e. The number of para-hydroxylation sites is 2. The number of aromatic nitrogens is 2. The SMILES string of the molecule is COCCn1c(C(C)NC(=O)COc2ccccc2)nc2ccccc2c1=O. The lowest BCUT2D eigenvalue weighted by Gasteiger charge is -2.19. The van der Waals surface area contributed by atoms with E-state index in [1.807, 2.05) is 24.3 Å². The Balaban J connectivity index is 1.80. The minimum Gasteiger partial charge on any atom is -0.484 e. The average molecular weight is 381 g/mol. The molecule has 1 amide bonds. The van der Waals surface area contributed by atoms with Crippen molar-refractivity contribution in [1.82, 2.24) is 14.9 Å². The molecular formula is C21H23N3O4. The maximum absolute atomic E-state index is 12.9. The molecule has 1 N–H and O–H groups in total. The molecule has 0 radical (unpaired) electrons. The van der Waals surface area contributed by atoms with Gasteiger partial charge in [0.1, 0.15) is 11.6 Å². The normalized spacial score (nSPS) is 11.9. The average Bonchev–Trinajstić information content (AvgIpc) is 2.72. The standard InChI is InChI=1S/C21H23N3O4/c1-15(22-19(25)14-28-16-8-4-3-5-9-16)20-23-18-11-7-6-10-17(18)21(26)24(20)12-13-27-2/h3-11,15H,12-14H2,1-2H3,(H,22,25). The number of methoxy groups -OCH3 is 1. The zero-order valence-corrected chi connectivity index (χ0v) is 15.9. The van der Waals surface area contributed by atoms with Gasteiger partial charge in [-0.05, 0) is 31.2 Å². The molecule has 0 spiro atoms. The van der Waals surface area contributed by atoms with E-state index < -0.39 is 6.04 Å². The van der Waals surface area contributed by atoms with Gasteiger partial charge in [0.15, 0.2) is 6.61 Å². The number of carbonyl (C=O) groups excluding carboxylic acids is 1. The van der Waals surface area contributed by atoms with E-state index in [0.717, 1.165) is 0 Å². The summed E-state index contributed by atoms with van der Waals surface area (Å²) in [7, 11) is 1.57. The van der Waals surface area contributed by atoms with Crippen molar-refractivity contribution in [3.63, 3.8) is 0 Å². The molecule has 1 heterocycles. The predicted octanol–water partition coefficient (Wildman–Crippen LogP) is 2.30. The highest BCUT2D eigenvalue weighted by atomic mass is 16.5. The highest BCUT2D eigenvalue weighted by Gasteiger charge is 2.18. The van der Waals surface area contributed by atoms with Crippen molar-refractivity contribution in [2.24, 2.45) is 0 Å². The van der Waals surface area contributed by atoms with E-state index in [2.05, 4.69) is 10.3 Å². The summed E-state index contributed by atoms with van der Waals surface area (Å²) < 4.78 is 12.1. The van der Waals surface area contributed by atoms with Crippen LogP contribution in [0.3, 0.4) is 0 Å². The van der Waals surface area contributed by atoms with Gasteiger partial charge in [0.2, 0.25) is 0 Å². The van der Waals surface area contributed by atoms with Gasteiger partial charge in [-0.1, -0.05) is 30.3 Å². The molecule has 1 aromatic heterocycles. The van der Waals surface area contributed by atoms with Gasteiger partial charge in [0.05, 0.1) is 30.1 Å². The van der Waals surface area contributed by atoms with Crippen LogP contribution in [0, 0.1) is 0 Å². The molecule has 1 unspecified atom stereocenters. The zero-order chi connectivity index (χ0) is 19.9. The minimum absolute atomic E-state index is 0.121. The summed E-state index contributed by atoms with van der Waals surface area (Å²) in [6.45, 7) is 2.39. The van der Waals surface area contributed by atoms with Gasteiger partial charge in [0, 0.05) is 7.11 Å². The molecule has 0 bridgehead atoms. The third-order valence-corrected chi connectivity index (χ3v) is 4.29. The number of fused-ring (bicyclic) bond motifs is 1. The second kappa shape index (κ2) is 9.14. The molecule has 0 aliphatic rings. The van der Waals surface area contributed by atoms with E-state index in [0.29, 0.717) is 35.6 Å². The van der Waals surface area contributed by atoms with Crippen LogP contribution in [0.4, 0.5) is 0 Å². The number of benzene rings is 2. The van der Waals surface area contributed by atoms with E-state index in [-0.39, 0.29) is 18.1 Å². The third-order valence-electron chi connectivity index (χ3n) is 4.29. The summed E-state index contributed by atoms with van der Waals surface area (Å²) in [4.78, 5) is 29.8. The van der Waals surface area contributed by atoms with Crippen LogP contribution in [0.2, 0.25) is 0 Å². The summed E-state index contributed by atoms with van der Waals surface area (Å²) in [5, 5.41) is 3.38. The second-order valence-electron chi connectivity index (χ2n) is 6.33. The smallest absolute Gasteiger partial charge is 0.261 e.